The minimum atomic E-state index is -0.403. The number of anilines is 2. The van der Waals surface area contributed by atoms with Crippen LogP contribution < -0.4 is 16.0 Å². The number of nitrogens with zero attached hydrogens (tertiary/aromatic N) is 1. The third-order valence-electron chi connectivity index (χ3n) is 4.72. The summed E-state index contributed by atoms with van der Waals surface area (Å²) < 4.78 is 10.6. The van der Waals surface area contributed by atoms with E-state index < -0.39 is 5.91 Å². The molecular weight excluding hydrogens is 384 g/mol. The van der Waals surface area contributed by atoms with Crippen molar-refractivity contribution >= 4 is 23.3 Å². The third-order valence-corrected chi connectivity index (χ3v) is 4.72. The van der Waals surface area contributed by atoms with Gasteiger partial charge in [-0.3, -0.25) is 4.79 Å². The number of nitrogens with one attached hydrogen (secondary N) is 3. The first kappa shape index (κ1) is 19.7. The number of rotatable bonds is 6. The van der Waals surface area contributed by atoms with E-state index in [0.29, 0.717) is 23.6 Å². The molecule has 1 aliphatic rings. The van der Waals surface area contributed by atoms with Crippen LogP contribution in [0.4, 0.5) is 16.2 Å². The molecule has 30 heavy (non-hydrogen) atoms. The van der Waals surface area contributed by atoms with Crippen molar-refractivity contribution in [3.8, 4) is 11.3 Å². The topological polar surface area (TPSA) is 105 Å². The van der Waals surface area contributed by atoms with Gasteiger partial charge < -0.3 is 25.2 Å². The van der Waals surface area contributed by atoms with Crippen LogP contribution in [-0.4, -0.2) is 36.4 Å². The molecule has 1 fully saturated rings. The van der Waals surface area contributed by atoms with E-state index in [2.05, 4.69) is 21.1 Å². The number of amides is 3. The summed E-state index contributed by atoms with van der Waals surface area (Å²) in [5.74, 6) is -0.288. The Balaban J connectivity index is 1.29. The van der Waals surface area contributed by atoms with Crippen LogP contribution in [0.5, 0.6) is 0 Å². The molecule has 0 spiro atoms. The summed E-state index contributed by atoms with van der Waals surface area (Å²) in [5, 5.41) is 12.2. The van der Waals surface area contributed by atoms with Gasteiger partial charge in [0.2, 0.25) is 5.76 Å². The molecule has 0 saturated carbocycles. The summed E-state index contributed by atoms with van der Waals surface area (Å²) in [6.07, 6.45) is 2.09. The molecule has 4 rings (SSSR count). The Morgan fingerprint density at radius 3 is 2.43 bits per heavy atom. The highest BCUT2D eigenvalue weighted by molar-refractivity contribution is 6.02. The summed E-state index contributed by atoms with van der Waals surface area (Å²) in [6, 6.07) is 17.6. The van der Waals surface area contributed by atoms with Crippen molar-refractivity contribution in [1.29, 1.82) is 0 Å². The Hall–Kier alpha value is -3.65. The zero-order chi connectivity index (χ0) is 20.8. The Kier molecular flexibility index (Phi) is 6.05. The molecule has 8 nitrogen and oxygen atoms in total. The fraction of sp³-hybridized carbons (Fsp3) is 0.227. The summed E-state index contributed by atoms with van der Waals surface area (Å²) in [7, 11) is 0. The van der Waals surface area contributed by atoms with E-state index in [-0.39, 0.29) is 17.9 Å². The van der Waals surface area contributed by atoms with Gasteiger partial charge in [-0.05, 0) is 37.1 Å². The molecule has 8 heteroatoms. The predicted molar refractivity (Wildman–Crippen MR) is 112 cm³/mol. The van der Waals surface area contributed by atoms with Crippen LogP contribution in [0.15, 0.2) is 65.2 Å². The third kappa shape index (κ3) is 5.03. The van der Waals surface area contributed by atoms with Crippen molar-refractivity contribution in [1.82, 2.24) is 10.5 Å². The molecule has 1 unspecified atom stereocenters. The predicted octanol–water partition coefficient (Wildman–Crippen LogP) is 3.89. The van der Waals surface area contributed by atoms with Gasteiger partial charge in [-0.25, -0.2) is 4.79 Å². The largest absolute Gasteiger partial charge is 0.376 e. The van der Waals surface area contributed by atoms with Crippen LogP contribution in [-0.2, 0) is 4.74 Å². The number of hydrogen-bond donors (Lipinski definition) is 3. The van der Waals surface area contributed by atoms with Crippen molar-refractivity contribution in [3.63, 3.8) is 0 Å². The van der Waals surface area contributed by atoms with Gasteiger partial charge in [-0.2, -0.15) is 0 Å². The molecule has 154 valence electrons. The average Bonchev–Trinajstić information content (AvgIpc) is 3.47. The molecule has 1 aliphatic heterocycles. The molecule has 1 saturated heterocycles. The van der Waals surface area contributed by atoms with Gasteiger partial charge >= 0.3 is 6.03 Å². The summed E-state index contributed by atoms with van der Waals surface area (Å²) in [6.45, 7) is 1.24. The molecule has 0 aliphatic carbocycles. The molecule has 3 N–H and O–H groups in total. The van der Waals surface area contributed by atoms with Crippen LogP contribution >= 0.6 is 0 Å². The first-order chi connectivity index (χ1) is 14.7. The van der Waals surface area contributed by atoms with Gasteiger partial charge in [0.1, 0.15) is 5.69 Å². The number of aromatic nitrogens is 1. The summed E-state index contributed by atoms with van der Waals surface area (Å²) >= 11 is 0. The molecule has 3 aromatic rings. The van der Waals surface area contributed by atoms with Crippen LogP contribution in [0, 0.1) is 0 Å². The smallest absolute Gasteiger partial charge is 0.319 e. The Morgan fingerprint density at radius 2 is 1.73 bits per heavy atom. The Morgan fingerprint density at radius 1 is 1.00 bits per heavy atom. The lowest BCUT2D eigenvalue weighted by molar-refractivity contribution is 0.0988. The van der Waals surface area contributed by atoms with Gasteiger partial charge in [0, 0.05) is 36.2 Å². The van der Waals surface area contributed by atoms with Gasteiger partial charge in [0.15, 0.2) is 0 Å². The fourth-order valence-electron chi connectivity index (χ4n) is 3.14. The van der Waals surface area contributed by atoms with E-state index in [1.54, 1.807) is 30.3 Å². The maximum atomic E-state index is 12.4. The minimum absolute atomic E-state index is 0.0897. The highest BCUT2D eigenvalue weighted by Crippen LogP contribution is 2.20. The first-order valence-corrected chi connectivity index (χ1v) is 9.77. The number of urea groups is 1. The maximum absolute atomic E-state index is 12.4. The normalized spacial score (nSPS) is 15.5. The van der Waals surface area contributed by atoms with Crippen molar-refractivity contribution in [2.75, 3.05) is 23.8 Å². The monoisotopic (exact) mass is 406 g/mol. The number of hydrogen-bond acceptors (Lipinski definition) is 5. The maximum Gasteiger partial charge on any atom is 0.319 e. The number of ether oxygens (including phenoxy) is 1. The van der Waals surface area contributed by atoms with Crippen molar-refractivity contribution in [2.24, 2.45) is 0 Å². The molecule has 3 amide bonds. The lowest BCUT2D eigenvalue weighted by Gasteiger charge is -2.12. The molecule has 1 aromatic heterocycles. The molecule has 0 bridgehead atoms. The second-order valence-electron chi connectivity index (χ2n) is 6.94. The standard InChI is InChI=1S/C22H22N4O4/c27-21(20-13-19(26-30-20)15-5-2-1-3-6-15)24-16-8-10-17(11-9-16)25-22(28)23-14-18-7-4-12-29-18/h1-3,5-6,8-11,13,18H,4,7,12,14H2,(H,24,27)(H2,23,25,28). The molecule has 2 aromatic carbocycles. The van der Waals surface area contributed by atoms with Crippen LogP contribution in [0.1, 0.15) is 23.4 Å². The van der Waals surface area contributed by atoms with Gasteiger partial charge in [-0.15, -0.1) is 0 Å². The highest BCUT2D eigenvalue weighted by Gasteiger charge is 2.16. The van der Waals surface area contributed by atoms with E-state index in [1.807, 2.05) is 30.3 Å². The van der Waals surface area contributed by atoms with Gasteiger partial charge in [-0.1, -0.05) is 35.5 Å². The van der Waals surface area contributed by atoms with Crippen molar-refractivity contribution in [3.05, 3.63) is 66.4 Å². The quantitative estimate of drug-likeness (QED) is 0.576. The SMILES string of the molecule is O=C(NCC1CCCO1)Nc1ccc(NC(=O)c2cc(-c3ccccc3)no2)cc1. The van der Waals surface area contributed by atoms with Crippen LogP contribution in [0.3, 0.4) is 0 Å². The second-order valence-corrected chi connectivity index (χ2v) is 6.94. The minimum Gasteiger partial charge on any atom is -0.376 e. The summed E-state index contributed by atoms with van der Waals surface area (Å²) in [4.78, 5) is 24.4. The molecule has 1 atom stereocenters. The zero-order valence-corrected chi connectivity index (χ0v) is 16.3. The lowest BCUT2D eigenvalue weighted by Crippen LogP contribution is -2.35. The second kappa shape index (κ2) is 9.23. The number of benzene rings is 2. The summed E-state index contributed by atoms with van der Waals surface area (Å²) in [5.41, 5.74) is 2.65. The van der Waals surface area contributed by atoms with Crippen molar-refractivity contribution in [2.45, 2.75) is 18.9 Å². The molecule has 2 heterocycles. The van der Waals surface area contributed by atoms with E-state index >= 15 is 0 Å². The van der Waals surface area contributed by atoms with Gasteiger partial charge in [0.25, 0.3) is 5.91 Å². The van der Waals surface area contributed by atoms with Gasteiger partial charge in [0.05, 0.1) is 6.10 Å². The van der Waals surface area contributed by atoms with E-state index in [0.717, 1.165) is 25.0 Å². The van der Waals surface area contributed by atoms with Crippen molar-refractivity contribution < 1.29 is 18.8 Å². The number of carbonyl (C=O) groups excluding carboxylic acids is 2. The lowest BCUT2D eigenvalue weighted by atomic mass is 10.1. The fourth-order valence-corrected chi connectivity index (χ4v) is 3.14. The Bertz CT molecular complexity index is 995. The van der Waals surface area contributed by atoms with Crippen LogP contribution in [0.25, 0.3) is 11.3 Å². The number of carbonyl (C=O) groups is 2. The average molecular weight is 406 g/mol. The molecular formula is C22H22N4O4. The highest BCUT2D eigenvalue weighted by atomic mass is 16.5. The first-order valence-electron chi connectivity index (χ1n) is 9.77. The van der Waals surface area contributed by atoms with E-state index in [4.69, 9.17) is 9.26 Å². The zero-order valence-electron chi connectivity index (χ0n) is 16.3. The Labute approximate surface area is 173 Å². The van der Waals surface area contributed by atoms with E-state index in [9.17, 15) is 9.59 Å². The van der Waals surface area contributed by atoms with E-state index in [1.165, 1.54) is 0 Å². The molecule has 0 radical (unpaired) electrons. The van der Waals surface area contributed by atoms with Crippen LogP contribution in [0.2, 0.25) is 0 Å².